The quantitative estimate of drug-likeness (QED) is 0.541. The Bertz CT molecular complexity index is 271. The first-order valence-corrected chi connectivity index (χ1v) is 3.36. The van der Waals surface area contributed by atoms with Crippen LogP contribution in [0.3, 0.4) is 0 Å². The molecule has 1 rings (SSSR count). The molecule has 0 spiro atoms. The second-order valence-corrected chi connectivity index (χ2v) is 2.36. The second kappa shape index (κ2) is 3.16. The van der Waals surface area contributed by atoms with Crippen molar-refractivity contribution >= 4 is 0 Å². The van der Waals surface area contributed by atoms with Crippen LogP contribution in [0.4, 0.5) is 4.39 Å². The average molecular weight is 149 g/mol. The van der Waals surface area contributed by atoms with Gasteiger partial charge in [0.15, 0.2) is 0 Å². The lowest BCUT2D eigenvalue weighted by atomic mass is 10.1. The highest BCUT2D eigenvalue weighted by Gasteiger charge is 2.06. The van der Waals surface area contributed by atoms with Crippen LogP contribution in [0.1, 0.15) is 18.5 Å². The molecular weight excluding hydrogens is 141 g/mol. The van der Waals surface area contributed by atoms with Gasteiger partial charge in [-0.3, -0.25) is 0 Å². The maximum absolute atomic E-state index is 12.4. The Morgan fingerprint density at radius 3 is 2.36 bits per heavy atom. The van der Waals surface area contributed by atoms with E-state index in [0.29, 0.717) is 0 Å². The van der Waals surface area contributed by atoms with Gasteiger partial charge in [-0.2, -0.15) is 0 Å². The standard InChI is InChI=1S/C9H8FN/c1-7(11-2)8-3-5-9(10)6-4-8/h3-7H,1H3. The summed E-state index contributed by atoms with van der Waals surface area (Å²) in [5.74, 6) is -0.258. The van der Waals surface area contributed by atoms with Gasteiger partial charge in [-0.25, -0.2) is 11.0 Å². The molecule has 56 valence electrons. The van der Waals surface area contributed by atoms with E-state index in [-0.39, 0.29) is 11.9 Å². The predicted molar refractivity (Wildman–Crippen MR) is 41.4 cm³/mol. The summed E-state index contributed by atoms with van der Waals surface area (Å²) in [6, 6.07) is 5.85. The highest BCUT2D eigenvalue weighted by Crippen LogP contribution is 2.15. The van der Waals surface area contributed by atoms with Crippen LogP contribution >= 0.6 is 0 Å². The number of benzene rings is 1. The summed E-state index contributed by atoms with van der Waals surface area (Å²) in [6.07, 6.45) is 0. The monoisotopic (exact) mass is 149 g/mol. The Labute approximate surface area is 65.3 Å². The van der Waals surface area contributed by atoms with Crippen LogP contribution in [-0.4, -0.2) is 0 Å². The zero-order chi connectivity index (χ0) is 8.27. The Hall–Kier alpha value is -1.36. The lowest BCUT2D eigenvalue weighted by Crippen LogP contribution is -1.85. The van der Waals surface area contributed by atoms with Crippen molar-refractivity contribution in [3.63, 3.8) is 0 Å². The third-order valence-corrected chi connectivity index (χ3v) is 1.55. The third kappa shape index (κ3) is 1.78. The van der Waals surface area contributed by atoms with E-state index >= 15 is 0 Å². The molecule has 0 N–H and O–H groups in total. The van der Waals surface area contributed by atoms with Gasteiger partial charge in [-0.1, -0.05) is 0 Å². The number of hydrogen-bond acceptors (Lipinski definition) is 0. The van der Waals surface area contributed by atoms with Crippen LogP contribution in [0, 0.1) is 12.4 Å². The van der Waals surface area contributed by atoms with E-state index in [1.807, 2.05) is 0 Å². The van der Waals surface area contributed by atoms with Crippen molar-refractivity contribution in [3.8, 4) is 0 Å². The average Bonchev–Trinajstić information content (AvgIpc) is 2.05. The molecule has 0 aliphatic carbocycles. The first-order valence-electron chi connectivity index (χ1n) is 3.36. The topological polar surface area (TPSA) is 4.36 Å². The second-order valence-electron chi connectivity index (χ2n) is 2.36. The zero-order valence-electron chi connectivity index (χ0n) is 6.21. The third-order valence-electron chi connectivity index (χ3n) is 1.55. The van der Waals surface area contributed by atoms with E-state index in [1.165, 1.54) is 12.1 Å². The first kappa shape index (κ1) is 7.74. The summed E-state index contributed by atoms with van der Waals surface area (Å²) in [5.41, 5.74) is 0.862. The highest BCUT2D eigenvalue weighted by molar-refractivity contribution is 5.21. The largest absolute Gasteiger partial charge is 0.309 e. The minimum atomic E-state index is -0.258. The molecule has 0 aliphatic rings. The Morgan fingerprint density at radius 2 is 1.91 bits per heavy atom. The molecule has 1 aromatic rings. The maximum atomic E-state index is 12.4. The van der Waals surface area contributed by atoms with Crippen molar-refractivity contribution in [2.24, 2.45) is 0 Å². The molecule has 1 atom stereocenters. The lowest BCUT2D eigenvalue weighted by Gasteiger charge is -1.97. The van der Waals surface area contributed by atoms with Gasteiger partial charge in [0, 0.05) is 12.5 Å². The molecule has 1 nitrogen and oxygen atoms in total. The minimum Gasteiger partial charge on any atom is -0.309 e. The van der Waals surface area contributed by atoms with Crippen molar-refractivity contribution in [1.82, 2.24) is 0 Å². The Kier molecular flexibility index (Phi) is 2.22. The molecule has 1 aromatic carbocycles. The van der Waals surface area contributed by atoms with E-state index in [2.05, 4.69) is 4.85 Å². The molecule has 0 heterocycles. The Balaban J connectivity index is 2.92. The first-order chi connectivity index (χ1) is 5.24. The van der Waals surface area contributed by atoms with E-state index in [9.17, 15) is 4.39 Å². The van der Waals surface area contributed by atoms with E-state index in [0.717, 1.165) is 5.56 Å². The summed E-state index contributed by atoms with van der Waals surface area (Å²) in [7, 11) is 0. The molecule has 11 heavy (non-hydrogen) atoms. The van der Waals surface area contributed by atoms with Gasteiger partial charge in [0.2, 0.25) is 6.04 Å². The smallest absolute Gasteiger partial charge is 0.245 e. The van der Waals surface area contributed by atoms with E-state index in [1.54, 1.807) is 19.1 Å². The number of halogens is 1. The lowest BCUT2D eigenvalue weighted by molar-refractivity contribution is 0.626. The predicted octanol–water partition coefficient (Wildman–Crippen LogP) is 2.81. The highest BCUT2D eigenvalue weighted by atomic mass is 19.1. The van der Waals surface area contributed by atoms with Crippen LogP contribution in [0.15, 0.2) is 24.3 Å². The molecule has 0 saturated heterocycles. The summed E-state index contributed by atoms with van der Waals surface area (Å²) in [4.78, 5) is 3.32. The van der Waals surface area contributed by atoms with Crippen LogP contribution in [-0.2, 0) is 0 Å². The minimum absolute atomic E-state index is 0.171. The number of rotatable bonds is 1. The van der Waals surface area contributed by atoms with Gasteiger partial charge in [0.1, 0.15) is 5.82 Å². The SMILES string of the molecule is [C-]#[N+]C(C)c1ccc(F)cc1. The fraction of sp³-hybridized carbons (Fsp3) is 0.222. The van der Waals surface area contributed by atoms with Crippen molar-refractivity contribution in [3.05, 3.63) is 47.1 Å². The zero-order valence-corrected chi connectivity index (χ0v) is 6.21. The maximum Gasteiger partial charge on any atom is 0.245 e. The number of nitrogens with zero attached hydrogens (tertiary/aromatic N) is 1. The summed E-state index contributed by atoms with van der Waals surface area (Å²) < 4.78 is 12.4. The number of hydrogen-bond donors (Lipinski definition) is 0. The molecular formula is C9H8FN. The molecule has 0 aliphatic heterocycles. The van der Waals surface area contributed by atoms with Gasteiger partial charge in [-0.05, 0) is 24.3 Å². The molecule has 1 unspecified atom stereocenters. The van der Waals surface area contributed by atoms with Gasteiger partial charge in [0.05, 0.1) is 0 Å². The van der Waals surface area contributed by atoms with Crippen LogP contribution in [0.5, 0.6) is 0 Å². The molecule has 0 saturated carbocycles. The van der Waals surface area contributed by atoms with Gasteiger partial charge in [-0.15, -0.1) is 0 Å². The molecule has 2 heteroatoms. The van der Waals surface area contributed by atoms with Crippen molar-refractivity contribution < 1.29 is 4.39 Å². The fourth-order valence-electron chi connectivity index (χ4n) is 0.816. The van der Waals surface area contributed by atoms with Gasteiger partial charge in [0.25, 0.3) is 0 Å². The van der Waals surface area contributed by atoms with Crippen LogP contribution < -0.4 is 0 Å². The van der Waals surface area contributed by atoms with Gasteiger partial charge < -0.3 is 4.85 Å². The fourth-order valence-corrected chi connectivity index (χ4v) is 0.816. The molecule has 0 radical (unpaired) electrons. The van der Waals surface area contributed by atoms with Crippen LogP contribution in [0.25, 0.3) is 4.85 Å². The summed E-state index contributed by atoms with van der Waals surface area (Å²) in [5, 5.41) is 0. The van der Waals surface area contributed by atoms with E-state index in [4.69, 9.17) is 6.57 Å². The summed E-state index contributed by atoms with van der Waals surface area (Å²) in [6.45, 7) is 8.52. The van der Waals surface area contributed by atoms with Gasteiger partial charge >= 0.3 is 0 Å². The molecule has 0 bridgehead atoms. The Morgan fingerprint density at radius 1 is 1.36 bits per heavy atom. The van der Waals surface area contributed by atoms with E-state index < -0.39 is 0 Å². The summed E-state index contributed by atoms with van der Waals surface area (Å²) >= 11 is 0. The van der Waals surface area contributed by atoms with Crippen molar-refractivity contribution in [1.29, 1.82) is 0 Å². The normalized spacial score (nSPS) is 12.1. The van der Waals surface area contributed by atoms with Crippen molar-refractivity contribution in [2.45, 2.75) is 13.0 Å². The molecule has 0 aromatic heterocycles. The molecule has 0 amide bonds. The van der Waals surface area contributed by atoms with Crippen molar-refractivity contribution in [2.75, 3.05) is 0 Å². The van der Waals surface area contributed by atoms with Crippen LogP contribution in [0.2, 0.25) is 0 Å². The molecule has 0 fully saturated rings.